The molecule has 1 heterocycles. The van der Waals surface area contributed by atoms with Gasteiger partial charge in [-0.2, -0.15) is 5.26 Å². The minimum atomic E-state index is 0.0127. The normalized spacial score (nSPS) is 15.1. The number of rotatable bonds is 3. The monoisotopic (exact) mass is 261 g/mol. The summed E-state index contributed by atoms with van der Waals surface area (Å²) in [5.41, 5.74) is 1.55. The van der Waals surface area contributed by atoms with E-state index in [2.05, 4.69) is 18.3 Å². The third-order valence-electron chi connectivity index (χ3n) is 2.79. The molecule has 1 saturated heterocycles. The lowest BCUT2D eigenvalue weighted by Gasteiger charge is -2.29. The Hall–Kier alpha value is -1.67. The van der Waals surface area contributed by atoms with Crippen LogP contribution < -0.4 is 10.2 Å². The van der Waals surface area contributed by atoms with Crippen molar-refractivity contribution in [3.63, 3.8) is 0 Å². The van der Waals surface area contributed by atoms with Crippen LogP contribution in [0.1, 0.15) is 12.5 Å². The number of amides is 1. The summed E-state index contributed by atoms with van der Waals surface area (Å²) in [6, 6.07) is 8.08. The highest BCUT2D eigenvalue weighted by Crippen LogP contribution is 2.30. The molecule has 1 aromatic rings. The molecule has 18 heavy (non-hydrogen) atoms. The molecule has 0 unspecified atom stereocenters. The average Bonchev–Trinajstić information content (AvgIpc) is 2.39. The zero-order chi connectivity index (χ0) is 13.0. The number of piperazine rings is 1. The van der Waals surface area contributed by atoms with Crippen molar-refractivity contribution in [2.45, 2.75) is 11.8 Å². The number of anilines is 1. The van der Waals surface area contributed by atoms with E-state index in [1.807, 2.05) is 23.1 Å². The summed E-state index contributed by atoms with van der Waals surface area (Å²) in [5, 5.41) is 12.1. The number of nitrogens with one attached hydrogen (secondary N) is 1. The van der Waals surface area contributed by atoms with Crippen molar-refractivity contribution in [2.24, 2.45) is 0 Å². The maximum atomic E-state index is 11.4. The summed E-state index contributed by atoms with van der Waals surface area (Å²) < 4.78 is 0. The van der Waals surface area contributed by atoms with Crippen LogP contribution in [0.3, 0.4) is 0 Å². The van der Waals surface area contributed by atoms with Crippen molar-refractivity contribution in [1.29, 1.82) is 5.26 Å². The van der Waals surface area contributed by atoms with Gasteiger partial charge in [-0.1, -0.05) is 13.0 Å². The largest absolute Gasteiger partial charge is 0.359 e. The van der Waals surface area contributed by atoms with Gasteiger partial charge in [-0.25, -0.2) is 0 Å². The second kappa shape index (κ2) is 5.78. The minimum Gasteiger partial charge on any atom is -0.359 e. The summed E-state index contributed by atoms with van der Waals surface area (Å²) in [4.78, 5) is 14.4. The molecule has 1 aliphatic rings. The van der Waals surface area contributed by atoms with Gasteiger partial charge in [0.05, 0.1) is 17.8 Å². The van der Waals surface area contributed by atoms with Crippen LogP contribution in [0.4, 0.5) is 5.69 Å². The molecule has 0 saturated carbocycles. The number of carbonyl (C=O) groups is 1. The van der Waals surface area contributed by atoms with Crippen molar-refractivity contribution in [1.82, 2.24) is 5.32 Å². The SMILES string of the molecule is CCSc1cccc(N2CCNC(=O)C2)c1C#N. The van der Waals surface area contributed by atoms with Crippen molar-refractivity contribution in [3.05, 3.63) is 23.8 Å². The molecule has 0 aromatic heterocycles. The molecule has 1 aromatic carbocycles. The van der Waals surface area contributed by atoms with Crippen molar-refractivity contribution < 1.29 is 4.79 Å². The molecule has 0 radical (unpaired) electrons. The van der Waals surface area contributed by atoms with Gasteiger partial charge in [0.15, 0.2) is 0 Å². The molecule has 5 heteroatoms. The van der Waals surface area contributed by atoms with Crippen LogP contribution in [0.15, 0.2) is 23.1 Å². The first-order valence-electron chi connectivity index (χ1n) is 5.93. The lowest BCUT2D eigenvalue weighted by molar-refractivity contribution is -0.120. The Morgan fingerprint density at radius 2 is 2.39 bits per heavy atom. The quantitative estimate of drug-likeness (QED) is 0.840. The predicted octanol–water partition coefficient (Wildman–Crippen LogP) is 1.61. The summed E-state index contributed by atoms with van der Waals surface area (Å²) in [5.74, 6) is 0.942. The van der Waals surface area contributed by atoms with Gasteiger partial charge >= 0.3 is 0 Å². The molecule has 1 fully saturated rings. The number of nitrogens with zero attached hydrogens (tertiary/aromatic N) is 2. The molecule has 1 N–H and O–H groups in total. The summed E-state index contributed by atoms with van der Waals surface area (Å²) >= 11 is 1.66. The molecule has 0 aliphatic carbocycles. The summed E-state index contributed by atoms with van der Waals surface area (Å²) in [6.45, 7) is 3.78. The maximum Gasteiger partial charge on any atom is 0.239 e. The predicted molar refractivity (Wildman–Crippen MR) is 72.8 cm³/mol. The Morgan fingerprint density at radius 3 is 3.06 bits per heavy atom. The number of carbonyl (C=O) groups excluding carboxylic acids is 1. The van der Waals surface area contributed by atoms with Crippen LogP contribution >= 0.6 is 11.8 Å². The fourth-order valence-corrected chi connectivity index (χ4v) is 2.80. The second-order valence-corrected chi connectivity index (χ2v) is 5.27. The van der Waals surface area contributed by atoms with Gasteiger partial charge in [0, 0.05) is 18.0 Å². The molecule has 4 nitrogen and oxygen atoms in total. The molecule has 2 rings (SSSR count). The van der Waals surface area contributed by atoms with E-state index in [0.29, 0.717) is 18.7 Å². The zero-order valence-corrected chi connectivity index (χ0v) is 11.1. The van der Waals surface area contributed by atoms with Gasteiger partial charge in [0.25, 0.3) is 0 Å². The third kappa shape index (κ3) is 2.59. The van der Waals surface area contributed by atoms with Gasteiger partial charge < -0.3 is 10.2 Å². The van der Waals surface area contributed by atoms with Crippen LogP contribution in [0.5, 0.6) is 0 Å². The number of hydrogen-bond donors (Lipinski definition) is 1. The Kier molecular flexibility index (Phi) is 4.11. The second-order valence-electron chi connectivity index (χ2n) is 3.97. The fraction of sp³-hybridized carbons (Fsp3) is 0.385. The van der Waals surface area contributed by atoms with E-state index in [9.17, 15) is 10.1 Å². The van der Waals surface area contributed by atoms with Crippen LogP contribution in [0, 0.1) is 11.3 Å². The smallest absolute Gasteiger partial charge is 0.239 e. The minimum absolute atomic E-state index is 0.0127. The highest BCUT2D eigenvalue weighted by molar-refractivity contribution is 7.99. The van der Waals surface area contributed by atoms with Gasteiger partial charge in [0.1, 0.15) is 6.07 Å². The Balaban J connectivity index is 2.35. The maximum absolute atomic E-state index is 11.4. The van der Waals surface area contributed by atoms with Gasteiger partial charge in [0.2, 0.25) is 5.91 Å². The van der Waals surface area contributed by atoms with Gasteiger partial charge in [-0.05, 0) is 17.9 Å². The number of benzene rings is 1. The summed E-state index contributed by atoms with van der Waals surface area (Å²) in [7, 11) is 0. The van der Waals surface area contributed by atoms with E-state index in [-0.39, 0.29) is 5.91 Å². The van der Waals surface area contributed by atoms with E-state index >= 15 is 0 Å². The molecular weight excluding hydrogens is 246 g/mol. The highest BCUT2D eigenvalue weighted by Gasteiger charge is 2.20. The first kappa shape index (κ1) is 12.8. The molecule has 1 aliphatic heterocycles. The van der Waals surface area contributed by atoms with E-state index in [0.717, 1.165) is 22.9 Å². The van der Waals surface area contributed by atoms with E-state index in [4.69, 9.17) is 0 Å². The third-order valence-corrected chi connectivity index (χ3v) is 3.73. The molecular formula is C13H15N3OS. The van der Waals surface area contributed by atoms with Crippen LogP contribution in [-0.4, -0.2) is 31.3 Å². The Labute approximate surface area is 111 Å². The van der Waals surface area contributed by atoms with Gasteiger partial charge in [-0.3, -0.25) is 4.79 Å². The molecule has 0 spiro atoms. The first-order chi connectivity index (χ1) is 8.76. The topological polar surface area (TPSA) is 56.1 Å². The number of hydrogen-bond acceptors (Lipinski definition) is 4. The van der Waals surface area contributed by atoms with Gasteiger partial charge in [-0.15, -0.1) is 11.8 Å². The Morgan fingerprint density at radius 1 is 1.56 bits per heavy atom. The van der Waals surface area contributed by atoms with Crippen molar-refractivity contribution in [2.75, 3.05) is 30.3 Å². The zero-order valence-electron chi connectivity index (χ0n) is 10.3. The molecule has 1 amide bonds. The van der Waals surface area contributed by atoms with Crippen LogP contribution in [-0.2, 0) is 4.79 Å². The lowest BCUT2D eigenvalue weighted by Crippen LogP contribution is -2.48. The molecule has 0 atom stereocenters. The standard InChI is InChI=1S/C13H15N3OS/c1-2-18-12-5-3-4-11(10(12)8-14)16-7-6-15-13(17)9-16/h3-5H,2,6-7,9H2,1H3,(H,15,17). The van der Waals surface area contributed by atoms with Crippen LogP contribution in [0.25, 0.3) is 0 Å². The van der Waals surface area contributed by atoms with E-state index < -0.39 is 0 Å². The molecule has 0 bridgehead atoms. The van der Waals surface area contributed by atoms with E-state index in [1.54, 1.807) is 11.8 Å². The lowest BCUT2D eigenvalue weighted by atomic mass is 10.1. The highest BCUT2D eigenvalue weighted by atomic mass is 32.2. The Bertz CT molecular complexity index is 495. The number of thioether (sulfide) groups is 1. The van der Waals surface area contributed by atoms with E-state index in [1.165, 1.54) is 0 Å². The molecule has 94 valence electrons. The van der Waals surface area contributed by atoms with Crippen molar-refractivity contribution in [3.8, 4) is 6.07 Å². The van der Waals surface area contributed by atoms with Crippen molar-refractivity contribution >= 4 is 23.4 Å². The van der Waals surface area contributed by atoms with Crippen LogP contribution in [0.2, 0.25) is 0 Å². The first-order valence-corrected chi connectivity index (χ1v) is 6.92. The average molecular weight is 261 g/mol. The fourth-order valence-electron chi connectivity index (χ4n) is 2.02. The number of nitriles is 1. The summed E-state index contributed by atoms with van der Waals surface area (Å²) in [6.07, 6.45) is 0.